The normalized spacial score (nSPS) is 10.2. The lowest BCUT2D eigenvalue weighted by Crippen LogP contribution is -2.29. The molecular weight excluding hydrogens is 254 g/mol. The van der Waals surface area contributed by atoms with Crippen molar-refractivity contribution in [3.05, 3.63) is 47.7 Å². The Kier molecular flexibility index (Phi) is 5.17. The second-order valence-electron chi connectivity index (χ2n) is 4.65. The molecule has 1 heterocycles. The maximum absolute atomic E-state index is 11.6. The maximum atomic E-state index is 11.6. The molecule has 0 saturated heterocycles. The van der Waals surface area contributed by atoms with Crippen molar-refractivity contribution < 1.29 is 9.32 Å². The Balaban J connectivity index is 1.58. The molecule has 0 bridgehead atoms. The fourth-order valence-corrected chi connectivity index (χ4v) is 1.89. The van der Waals surface area contributed by atoms with Crippen molar-refractivity contribution in [2.24, 2.45) is 0 Å². The summed E-state index contributed by atoms with van der Waals surface area (Å²) in [5.74, 6) is 1.10. The third-order valence-electron chi connectivity index (χ3n) is 2.89. The number of unbranched alkanes of at least 4 members (excludes halogenated alkanes) is 1. The van der Waals surface area contributed by atoms with Crippen LogP contribution in [0.2, 0.25) is 0 Å². The van der Waals surface area contributed by atoms with Crippen LogP contribution in [0.25, 0.3) is 0 Å². The lowest BCUT2D eigenvalue weighted by molar-refractivity contribution is 0.251. The molecule has 0 spiro atoms. The molecule has 1 aromatic heterocycles. The lowest BCUT2D eigenvalue weighted by Gasteiger charge is -2.05. The third kappa shape index (κ3) is 4.76. The molecule has 1 aromatic carbocycles. The Hall–Kier alpha value is -2.30. The molecule has 2 rings (SSSR count). The molecule has 2 aromatic rings. The summed E-state index contributed by atoms with van der Waals surface area (Å²) in [6, 6.07) is 11.8. The molecule has 0 aliphatic heterocycles. The number of carbonyl (C=O) groups excluding carboxylic acids is 1. The Bertz CT molecular complexity index is 537. The highest BCUT2D eigenvalue weighted by Gasteiger charge is 2.04. The number of amides is 2. The van der Waals surface area contributed by atoms with Crippen molar-refractivity contribution in [1.82, 2.24) is 10.5 Å². The smallest absolute Gasteiger partial charge is 0.320 e. The minimum Gasteiger partial charge on any atom is -0.360 e. The number of anilines is 1. The van der Waals surface area contributed by atoms with Gasteiger partial charge in [0, 0.05) is 12.6 Å². The van der Waals surface area contributed by atoms with Crippen LogP contribution in [0, 0.1) is 6.92 Å². The van der Waals surface area contributed by atoms with E-state index < -0.39 is 0 Å². The van der Waals surface area contributed by atoms with Gasteiger partial charge in [-0.2, -0.15) is 0 Å². The zero-order valence-electron chi connectivity index (χ0n) is 11.6. The van der Waals surface area contributed by atoms with Crippen LogP contribution in [0.4, 0.5) is 10.6 Å². The molecule has 20 heavy (non-hydrogen) atoms. The van der Waals surface area contributed by atoms with E-state index in [2.05, 4.69) is 27.9 Å². The van der Waals surface area contributed by atoms with Gasteiger partial charge in [0.15, 0.2) is 5.82 Å². The first-order valence-corrected chi connectivity index (χ1v) is 6.76. The summed E-state index contributed by atoms with van der Waals surface area (Å²) < 4.78 is 4.86. The Morgan fingerprint density at radius 1 is 1.25 bits per heavy atom. The molecule has 0 radical (unpaired) electrons. The SMILES string of the molecule is Cc1cc(NC(=O)NCCCCc2ccccc2)no1. The highest BCUT2D eigenvalue weighted by atomic mass is 16.5. The van der Waals surface area contributed by atoms with Gasteiger partial charge in [-0.15, -0.1) is 0 Å². The highest BCUT2D eigenvalue weighted by molar-refractivity contribution is 5.88. The van der Waals surface area contributed by atoms with Gasteiger partial charge in [-0.25, -0.2) is 4.79 Å². The van der Waals surface area contributed by atoms with Crippen LogP contribution in [-0.4, -0.2) is 17.7 Å². The maximum Gasteiger partial charge on any atom is 0.320 e. The molecular formula is C15H19N3O2. The molecule has 0 fully saturated rings. The standard InChI is InChI=1S/C15H19N3O2/c1-12-11-14(18-20-12)17-15(19)16-10-6-5-9-13-7-3-2-4-8-13/h2-4,7-8,11H,5-6,9-10H2,1H3,(H2,16,17,18,19). The molecule has 106 valence electrons. The molecule has 2 N–H and O–H groups in total. The van der Waals surface area contributed by atoms with E-state index in [-0.39, 0.29) is 6.03 Å². The molecule has 0 unspecified atom stereocenters. The zero-order valence-corrected chi connectivity index (χ0v) is 11.6. The highest BCUT2D eigenvalue weighted by Crippen LogP contribution is 2.06. The molecule has 0 aliphatic rings. The van der Waals surface area contributed by atoms with E-state index in [4.69, 9.17) is 4.52 Å². The summed E-state index contributed by atoms with van der Waals surface area (Å²) >= 11 is 0. The van der Waals surface area contributed by atoms with E-state index in [9.17, 15) is 4.79 Å². The minimum absolute atomic E-state index is 0.252. The van der Waals surface area contributed by atoms with Gasteiger partial charge in [0.25, 0.3) is 0 Å². The van der Waals surface area contributed by atoms with E-state index in [1.54, 1.807) is 13.0 Å². The Labute approximate surface area is 118 Å². The number of urea groups is 1. The lowest BCUT2D eigenvalue weighted by atomic mass is 10.1. The van der Waals surface area contributed by atoms with Gasteiger partial charge < -0.3 is 9.84 Å². The first-order chi connectivity index (χ1) is 9.74. The van der Waals surface area contributed by atoms with E-state index in [1.807, 2.05) is 18.2 Å². The van der Waals surface area contributed by atoms with E-state index in [0.29, 0.717) is 18.1 Å². The largest absolute Gasteiger partial charge is 0.360 e. The van der Waals surface area contributed by atoms with Crippen molar-refractivity contribution in [2.75, 3.05) is 11.9 Å². The van der Waals surface area contributed by atoms with Gasteiger partial charge in [0.2, 0.25) is 0 Å². The number of aryl methyl sites for hydroxylation is 2. The second-order valence-corrected chi connectivity index (χ2v) is 4.65. The molecule has 5 nitrogen and oxygen atoms in total. The number of hydrogen-bond acceptors (Lipinski definition) is 3. The summed E-state index contributed by atoms with van der Waals surface area (Å²) in [6.07, 6.45) is 3.03. The van der Waals surface area contributed by atoms with Crippen molar-refractivity contribution >= 4 is 11.8 Å². The van der Waals surface area contributed by atoms with Crippen LogP contribution in [0.5, 0.6) is 0 Å². The molecule has 2 amide bonds. The van der Waals surface area contributed by atoms with Crippen molar-refractivity contribution in [3.8, 4) is 0 Å². The number of carbonyl (C=O) groups is 1. The molecule has 0 saturated carbocycles. The third-order valence-corrected chi connectivity index (χ3v) is 2.89. The first-order valence-electron chi connectivity index (χ1n) is 6.76. The molecule has 5 heteroatoms. The second kappa shape index (κ2) is 7.33. The fourth-order valence-electron chi connectivity index (χ4n) is 1.89. The zero-order chi connectivity index (χ0) is 14.2. The molecule has 0 aliphatic carbocycles. The van der Waals surface area contributed by atoms with E-state index >= 15 is 0 Å². The van der Waals surface area contributed by atoms with Gasteiger partial charge in [-0.05, 0) is 31.7 Å². The van der Waals surface area contributed by atoms with Crippen molar-refractivity contribution in [3.63, 3.8) is 0 Å². The number of nitrogens with zero attached hydrogens (tertiary/aromatic N) is 1. The topological polar surface area (TPSA) is 67.2 Å². The van der Waals surface area contributed by atoms with Crippen LogP contribution in [-0.2, 0) is 6.42 Å². The Morgan fingerprint density at radius 2 is 2.05 bits per heavy atom. The van der Waals surface area contributed by atoms with Crippen LogP contribution in [0.3, 0.4) is 0 Å². The summed E-state index contributed by atoms with van der Waals surface area (Å²) in [4.78, 5) is 11.6. The van der Waals surface area contributed by atoms with E-state index in [1.165, 1.54) is 5.56 Å². The number of benzene rings is 1. The van der Waals surface area contributed by atoms with Gasteiger partial charge in [0.05, 0.1) is 0 Å². The summed E-state index contributed by atoms with van der Waals surface area (Å²) in [6.45, 7) is 2.43. The summed E-state index contributed by atoms with van der Waals surface area (Å²) in [5, 5.41) is 9.10. The first kappa shape index (κ1) is 14.1. The van der Waals surface area contributed by atoms with Gasteiger partial charge in [-0.1, -0.05) is 35.5 Å². The van der Waals surface area contributed by atoms with Crippen molar-refractivity contribution in [1.29, 1.82) is 0 Å². The van der Waals surface area contributed by atoms with Gasteiger partial charge >= 0.3 is 6.03 Å². The average Bonchev–Trinajstić information content (AvgIpc) is 2.85. The summed E-state index contributed by atoms with van der Waals surface area (Å²) in [7, 11) is 0. The van der Waals surface area contributed by atoms with Crippen LogP contribution in [0.1, 0.15) is 24.2 Å². The van der Waals surface area contributed by atoms with Crippen molar-refractivity contribution in [2.45, 2.75) is 26.2 Å². The minimum atomic E-state index is -0.252. The van der Waals surface area contributed by atoms with Crippen LogP contribution in [0.15, 0.2) is 40.9 Å². The number of rotatable bonds is 6. The number of aromatic nitrogens is 1. The van der Waals surface area contributed by atoms with Gasteiger partial charge in [0.1, 0.15) is 5.76 Å². The van der Waals surface area contributed by atoms with Crippen LogP contribution >= 0.6 is 0 Å². The van der Waals surface area contributed by atoms with Gasteiger partial charge in [-0.3, -0.25) is 5.32 Å². The monoisotopic (exact) mass is 273 g/mol. The predicted octanol–water partition coefficient (Wildman–Crippen LogP) is 3.13. The fraction of sp³-hybridized carbons (Fsp3) is 0.333. The predicted molar refractivity (Wildman–Crippen MR) is 77.6 cm³/mol. The molecule has 0 atom stereocenters. The number of nitrogens with one attached hydrogen (secondary N) is 2. The van der Waals surface area contributed by atoms with Crippen LogP contribution < -0.4 is 10.6 Å². The number of hydrogen-bond donors (Lipinski definition) is 2. The average molecular weight is 273 g/mol. The Morgan fingerprint density at radius 3 is 2.75 bits per heavy atom. The quantitative estimate of drug-likeness (QED) is 0.795. The summed E-state index contributed by atoms with van der Waals surface area (Å²) in [5.41, 5.74) is 1.33. The van der Waals surface area contributed by atoms with E-state index in [0.717, 1.165) is 19.3 Å².